The number of hydrogen-bond donors (Lipinski definition) is 0. The molecule has 1 heterocycles. The van der Waals surface area contributed by atoms with E-state index in [0.717, 1.165) is 0 Å². The summed E-state index contributed by atoms with van der Waals surface area (Å²) in [5.74, 6) is 0. The van der Waals surface area contributed by atoms with Crippen LogP contribution in [0.1, 0.15) is 30.2 Å². The normalized spacial score (nSPS) is 20.4. The average molecular weight is 533 g/mol. The van der Waals surface area contributed by atoms with E-state index in [0.29, 0.717) is 11.8 Å². The highest BCUT2D eigenvalue weighted by atomic mass is 32.2. The molecule has 0 radical (unpaired) electrons. The van der Waals surface area contributed by atoms with Crippen molar-refractivity contribution in [1.29, 1.82) is 0 Å². The number of hydrogen-bond acceptors (Lipinski definition) is 1. The maximum atomic E-state index is 9.68. The average Bonchev–Trinajstić information content (AvgIpc) is 3.22. The molecule has 1 heteroatoms. The molecule has 0 spiro atoms. The van der Waals surface area contributed by atoms with Crippen molar-refractivity contribution in [3.63, 3.8) is 0 Å². The topological polar surface area (TPSA) is 0 Å². The standard InChI is InChI=1S/C38H22S/c1-2-13-34-30(10-1)32-12-5-11-31-29(20-21-35(39-34)38(31)32)27-9-4-8-26(22-27)28-18-16-25-15-14-23-6-3-7-24-17-19-33(28)37(25)36(23)24/h1-22H/i1D,2D,3D,4D,5D,6D,7D,8D,9D,10D,11D,12D,13D,14D,15D,16D,17D,18D,19D,20D,21D,22D. The van der Waals surface area contributed by atoms with Crippen LogP contribution in [0.25, 0.3) is 76.5 Å². The van der Waals surface area contributed by atoms with Gasteiger partial charge >= 0.3 is 0 Å². The van der Waals surface area contributed by atoms with Crippen LogP contribution in [0.4, 0.5) is 0 Å². The molecular weight excluding hydrogens is 488 g/mol. The summed E-state index contributed by atoms with van der Waals surface area (Å²) in [7, 11) is 0. The first kappa shape index (κ1) is 9.26. The summed E-state index contributed by atoms with van der Waals surface area (Å²) >= 11 is 0.678. The molecule has 0 saturated heterocycles. The Balaban J connectivity index is 1.51. The van der Waals surface area contributed by atoms with Gasteiger partial charge in [0.1, 0.15) is 0 Å². The first-order valence-corrected chi connectivity index (χ1v) is 12.5. The SMILES string of the molecule is [2H]c1c([2H])c([2H])c2c(c1[2H])Sc1c([2H])c([2H])c(-c3c([2H])c([2H])c([2H])c(-c4c([2H])c([2H])c5c([2H])c([2H])c6c([2H])c([2H])c([2H])c7c([2H])c([2H])c4c5c67)c3[2H])c3c([2H])c([2H])c([2H])c-2c13. The Morgan fingerprint density at radius 2 is 1.00 bits per heavy atom. The van der Waals surface area contributed by atoms with Gasteiger partial charge in [0.25, 0.3) is 0 Å². The lowest BCUT2D eigenvalue weighted by Crippen LogP contribution is -1.94. The lowest BCUT2D eigenvalue weighted by atomic mass is 9.88. The van der Waals surface area contributed by atoms with Crippen LogP contribution in [0, 0.1) is 0 Å². The Morgan fingerprint density at radius 3 is 1.85 bits per heavy atom. The third-order valence-electron chi connectivity index (χ3n) is 6.70. The maximum Gasteiger partial charge on any atom is 0.0636 e. The van der Waals surface area contributed by atoms with E-state index < -0.39 is 166 Å². The highest BCUT2D eigenvalue weighted by Gasteiger charge is 2.20. The second-order valence-electron chi connectivity index (χ2n) is 8.76. The summed E-state index contributed by atoms with van der Waals surface area (Å²) < 4.78 is 196. The largest absolute Gasteiger partial charge is 0.0888 e. The highest BCUT2D eigenvalue weighted by Crippen LogP contribution is 2.49. The minimum Gasteiger partial charge on any atom is -0.0888 e. The first-order valence-electron chi connectivity index (χ1n) is 22.7. The van der Waals surface area contributed by atoms with Crippen molar-refractivity contribution in [2.24, 2.45) is 0 Å². The molecule has 0 N–H and O–H groups in total. The zero-order chi connectivity index (χ0) is 44.6. The first-order chi connectivity index (χ1) is 28.5. The molecule has 1 aliphatic heterocycles. The monoisotopic (exact) mass is 532 g/mol. The zero-order valence-corrected chi connectivity index (χ0v) is 20.2. The third kappa shape index (κ3) is 3.02. The smallest absolute Gasteiger partial charge is 0.0636 e. The van der Waals surface area contributed by atoms with Gasteiger partial charge in [-0.15, -0.1) is 0 Å². The fraction of sp³-hybridized carbons (Fsp3) is 0. The van der Waals surface area contributed by atoms with Crippen LogP contribution in [0.5, 0.6) is 0 Å². The van der Waals surface area contributed by atoms with E-state index in [1.165, 1.54) is 0 Å². The van der Waals surface area contributed by atoms with E-state index in [9.17, 15) is 6.85 Å². The van der Waals surface area contributed by atoms with E-state index in [4.69, 9.17) is 23.3 Å². The molecule has 39 heavy (non-hydrogen) atoms. The van der Waals surface area contributed by atoms with Gasteiger partial charge in [-0.2, -0.15) is 0 Å². The van der Waals surface area contributed by atoms with Crippen LogP contribution in [0.15, 0.2) is 143 Å². The minimum absolute atomic E-state index is 0.103. The van der Waals surface area contributed by atoms with Gasteiger partial charge in [-0.3, -0.25) is 0 Å². The van der Waals surface area contributed by atoms with Crippen molar-refractivity contribution in [3.8, 4) is 33.4 Å². The second-order valence-corrected chi connectivity index (χ2v) is 9.78. The van der Waals surface area contributed by atoms with E-state index in [1.54, 1.807) is 0 Å². The lowest BCUT2D eigenvalue weighted by molar-refractivity contribution is 1.40. The molecule has 0 nitrogen and oxygen atoms in total. The second kappa shape index (κ2) is 7.96. The summed E-state index contributed by atoms with van der Waals surface area (Å²) in [5.41, 5.74) is -3.00. The highest BCUT2D eigenvalue weighted by molar-refractivity contribution is 7.99. The predicted molar refractivity (Wildman–Crippen MR) is 168 cm³/mol. The molecule has 9 rings (SSSR count). The fourth-order valence-corrected chi connectivity index (χ4v) is 5.99. The van der Waals surface area contributed by atoms with E-state index in [1.807, 2.05) is 0 Å². The Labute approximate surface area is 261 Å². The van der Waals surface area contributed by atoms with Gasteiger partial charge in [-0.25, -0.2) is 0 Å². The molecular formula is C38H22S. The maximum absolute atomic E-state index is 9.68. The van der Waals surface area contributed by atoms with E-state index in [2.05, 4.69) is 0 Å². The van der Waals surface area contributed by atoms with Gasteiger partial charge in [0.2, 0.25) is 0 Å². The molecule has 0 amide bonds. The van der Waals surface area contributed by atoms with Gasteiger partial charge in [0.15, 0.2) is 0 Å². The van der Waals surface area contributed by atoms with Crippen molar-refractivity contribution < 1.29 is 30.2 Å². The number of rotatable bonds is 2. The van der Waals surface area contributed by atoms with Gasteiger partial charge < -0.3 is 0 Å². The molecule has 0 saturated carbocycles. The van der Waals surface area contributed by atoms with Crippen molar-refractivity contribution >= 4 is 54.9 Å². The van der Waals surface area contributed by atoms with Crippen LogP contribution in [-0.2, 0) is 0 Å². The fourth-order valence-electron chi connectivity index (χ4n) is 5.02. The van der Waals surface area contributed by atoms with Gasteiger partial charge in [0.05, 0.1) is 30.2 Å². The molecule has 0 atom stereocenters. The molecule has 1 aliphatic rings. The Bertz CT molecular complexity index is 3440. The quantitative estimate of drug-likeness (QED) is 0.199. The van der Waals surface area contributed by atoms with Gasteiger partial charge in [-0.05, 0) is 89.2 Å². The summed E-state index contributed by atoms with van der Waals surface area (Å²) in [5, 5.41) is -2.56. The molecule has 180 valence electrons. The lowest BCUT2D eigenvalue weighted by Gasteiger charge is -2.21. The summed E-state index contributed by atoms with van der Waals surface area (Å²) in [4.78, 5) is -0.229. The van der Waals surface area contributed by atoms with Crippen molar-refractivity contribution in [2.75, 3.05) is 0 Å². The Hall–Kier alpha value is -4.59. The van der Waals surface area contributed by atoms with Crippen LogP contribution in [0.3, 0.4) is 0 Å². The molecule has 0 fully saturated rings. The number of benzene rings is 8. The van der Waals surface area contributed by atoms with Gasteiger partial charge in [0, 0.05) is 15.2 Å². The van der Waals surface area contributed by atoms with Crippen LogP contribution in [-0.4, -0.2) is 0 Å². The van der Waals surface area contributed by atoms with Crippen LogP contribution in [0.2, 0.25) is 0 Å². The van der Waals surface area contributed by atoms with Crippen molar-refractivity contribution in [1.82, 2.24) is 0 Å². The Morgan fingerprint density at radius 1 is 0.385 bits per heavy atom. The molecule has 8 aromatic carbocycles. The Kier molecular flexibility index (Phi) is 1.89. The summed E-state index contributed by atoms with van der Waals surface area (Å²) in [6.07, 6.45) is 0. The molecule has 0 aliphatic carbocycles. The van der Waals surface area contributed by atoms with Crippen LogP contribution < -0.4 is 0 Å². The zero-order valence-electron chi connectivity index (χ0n) is 41.4. The summed E-state index contributed by atoms with van der Waals surface area (Å²) in [6, 6.07) is -15.9. The predicted octanol–water partition coefficient (Wildman–Crippen LogP) is 11.2. The van der Waals surface area contributed by atoms with Crippen molar-refractivity contribution in [3.05, 3.63) is 133 Å². The molecule has 0 unspecified atom stereocenters. The molecule has 0 aromatic heterocycles. The summed E-state index contributed by atoms with van der Waals surface area (Å²) in [6.45, 7) is 0. The third-order valence-corrected chi connectivity index (χ3v) is 7.72. The van der Waals surface area contributed by atoms with Gasteiger partial charge in [-0.1, -0.05) is 127 Å². The molecule has 0 bridgehead atoms. The molecule has 8 aromatic rings. The number of fused-ring (bicyclic) bond motifs is 2. The van der Waals surface area contributed by atoms with E-state index in [-0.39, 0.29) is 53.2 Å². The van der Waals surface area contributed by atoms with E-state index >= 15 is 0 Å². The van der Waals surface area contributed by atoms with Crippen LogP contribution >= 0.6 is 11.8 Å². The minimum atomic E-state index is -0.926. The van der Waals surface area contributed by atoms with Crippen molar-refractivity contribution in [2.45, 2.75) is 9.79 Å².